The van der Waals surface area contributed by atoms with Gasteiger partial charge in [0, 0.05) is 10.8 Å². The van der Waals surface area contributed by atoms with Crippen LogP contribution in [0.5, 0.6) is 0 Å². The first-order chi connectivity index (χ1) is 27.3. The quantitative estimate of drug-likeness (QED) is 0.163. The lowest BCUT2D eigenvalue weighted by molar-refractivity contribution is 0.669. The van der Waals surface area contributed by atoms with E-state index in [2.05, 4.69) is 200 Å². The molecule has 0 unspecified atom stereocenters. The molecule has 0 aliphatic rings. The fraction of sp³-hybridized carbons (Fsp3) is 0. The van der Waals surface area contributed by atoms with Gasteiger partial charge in [-0.3, -0.25) is 0 Å². The number of benzene rings is 10. The van der Waals surface area contributed by atoms with Crippen LogP contribution < -0.4 is 0 Å². The summed E-state index contributed by atoms with van der Waals surface area (Å²) in [4.78, 5) is 0. The normalized spacial score (nSPS) is 11.6. The summed E-state index contributed by atoms with van der Waals surface area (Å²) in [6, 6.07) is 74.7. The highest BCUT2D eigenvalue weighted by Crippen LogP contribution is 2.47. The smallest absolute Gasteiger partial charge is 0.136 e. The fourth-order valence-electron chi connectivity index (χ4n) is 8.84. The van der Waals surface area contributed by atoms with Crippen LogP contribution >= 0.6 is 0 Å². The lowest BCUT2D eigenvalue weighted by atomic mass is 9.83. The van der Waals surface area contributed by atoms with E-state index >= 15 is 0 Å². The molecule has 0 spiro atoms. The molecule has 1 aromatic heterocycles. The van der Waals surface area contributed by atoms with Gasteiger partial charge in [0.15, 0.2) is 0 Å². The molecule has 0 atom stereocenters. The Hall–Kier alpha value is -7.22. The molecule has 55 heavy (non-hydrogen) atoms. The minimum Gasteiger partial charge on any atom is -0.456 e. The fourth-order valence-corrected chi connectivity index (χ4v) is 8.84. The second kappa shape index (κ2) is 12.7. The maximum atomic E-state index is 6.53. The molecule has 0 aliphatic carbocycles. The van der Waals surface area contributed by atoms with Crippen LogP contribution in [0.4, 0.5) is 0 Å². The molecule has 0 bridgehead atoms. The molecule has 0 N–H and O–H groups in total. The van der Waals surface area contributed by atoms with Gasteiger partial charge in [0.2, 0.25) is 0 Å². The van der Waals surface area contributed by atoms with Gasteiger partial charge in [-0.1, -0.05) is 182 Å². The summed E-state index contributed by atoms with van der Waals surface area (Å²) in [5, 5.41) is 9.76. The SMILES string of the molecule is c1ccc(-c2ccc(-c3c4ccccc4c(-c4cccc(-c5cc(-c6ccccc6)c6c(c5)oc5ccccc56)c4)c4ccccc34)c3ccccc23)cc1. The van der Waals surface area contributed by atoms with Gasteiger partial charge in [0.05, 0.1) is 0 Å². The Morgan fingerprint density at radius 1 is 0.236 bits per heavy atom. The summed E-state index contributed by atoms with van der Waals surface area (Å²) in [7, 11) is 0. The maximum Gasteiger partial charge on any atom is 0.136 e. The molecule has 0 amide bonds. The molecule has 0 aliphatic heterocycles. The van der Waals surface area contributed by atoms with Gasteiger partial charge >= 0.3 is 0 Å². The summed E-state index contributed by atoms with van der Waals surface area (Å²) >= 11 is 0. The van der Waals surface area contributed by atoms with Crippen LogP contribution in [0.25, 0.3) is 110 Å². The molecule has 1 heterocycles. The molecule has 256 valence electrons. The molecule has 11 rings (SSSR count). The van der Waals surface area contributed by atoms with Gasteiger partial charge in [-0.05, 0) is 112 Å². The third-order valence-corrected chi connectivity index (χ3v) is 11.3. The molecule has 1 nitrogen and oxygen atoms in total. The van der Waals surface area contributed by atoms with Crippen LogP contribution in [-0.2, 0) is 0 Å². The Labute approximate surface area is 319 Å². The van der Waals surface area contributed by atoms with Crippen LogP contribution in [0.2, 0.25) is 0 Å². The molecule has 0 saturated heterocycles. The Kier molecular flexibility index (Phi) is 7.25. The van der Waals surface area contributed by atoms with Gasteiger partial charge < -0.3 is 4.42 Å². The first kappa shape index (κ1) is 31.3. The average molecular weight is 699 g/mol. The van der Waals surface area contributed by atoms with Crippen molar-refractivity contribution in [1.29, 1.82) is 0 Å². The van der Waals surface area contributed by atoms with Crippen molar-refractivity contribution in [2.75, 3.05) is 0 Å². The van der Waals surface area contributed by atoms with Crippen molar-refractivity contribution in [2.24, 2.45) is 0 Å². The van der Waals surface area contributed by atoms with E-state index in [9.17, 15) is 0 Å². The van der Waals surface area contributed by atoms with Gasteiger partial charge in [-0.2, -0.15) is 0 Å². The highest BCUT2D eigenvalue weighted by molar-refractivity contribution is 6.24. The predicted molar refractivity (Wildman–Crippen MR) is 233 cm³/mol. The largest absolute Gasteiger partial charge is 0.456 e. The summed E-state index contributed by atoms with van der Waals surface area (Å²) in [5.41, 5.74) is 13.9. The average Bonchev–Trinajstić information content (AvgIpc) is 3.64. The van der Waals surface area contributed by atoms with E-state index in [-0.39, 0.29) is 0 Å². The number of furan rings is 1. The van der Waals surface area contributed by atoms with E-state index in [0.717, 1.165) is 33.1 Å². The first-order valence-corrected chi connectivity index (χ1v) is 18.9. The zero-order valence-corrected chi connectivity index (χ0v) is 30.0. The van der Waals surface area contributed by atoms with Gasteiger partial charge in [0.25, 0.3) is 0 Å². The van der Waals surface area contributed by atoms with E-state index in [1.165, 1.54) is 76.8 Å². The summed E-state index contributed by atoms with van der Waals surface area (Å²) in [6.07, 6.45) is 0. The Bertz CT molecular complexity index is 3190. The van der Waals surface area contributed by atoms with Crippen LogP contribution in [0.15, 0.2) is 211 Å². The summed E-state index contributed by atoms with van der Waals surface area (Å²) in [5.74, 6) is 0. The van der Waals surface area contributed by atoms with Crippen molar-refractivity contribution in [3.8, 4) is 55.6 Å². The molecular formula is C54H34O. The summed E-state index contributed by atoms with van der Waals surface area (Å²) < 4.78 is 6.53. The number of para-hydroxylation sites is 1. The third kappa shape index (κ3) is 5.09. The standard InChI is InChI=1S/C54H34O/c1-3-16-35(17-4-1)40-30-31-47(42-23-8-7-22-41(40)42)53-45-26-11-9-24-43(45)52(44-25-10-12-27-46(44)53)38-21-15-20-37(32-38)39-33-49(36-18-5-2-6-19-36)54-48-28-13-14-29-50(48)55-51(54)34-39/h1-34H. The highest BCUT2D eigenvalue weighted by Gasteiger charge is 2.20. The lowest BCUT2D eigenvalue weighted by Crippen LogP contribution is -1.93. The number of hydrogen-bond donors (Lipinski definition) is 0. The molecule has 0 radical (unpaired) electrons. The van der Waals surface area contributed by atoms with Crippen LogP contribution in [0.3, 0.4) is 0 Å². The number of rotatable bonds is 5. The zero-order chi connectivity index (χ0) is 36.3. The van der Waals surface area contributed by atoms with Crippen molar-refractivity contribution in [1.82, 2.24) is 0 Å². The Balaban J connectivity index is 1.14. The second-order valence-corrected chi connectivity index (χ2v) is 14.4. The van der Waals surface area contributed by atoms with Gasteiger partial charge in [0.1, 0.15) is 11.2 Å². The Morgan fingerprint density at radius 3 is 1.36 bits per heavy atom. The van der Waals surface area contributed by atoms with E-state index in [1.54, 1.807) is 0 Å². The minimum atomic E-state index is 0.897. The van der Waals surface area contributed by atoms with Crippen LogP contribution in [0.1, 0.15) is 0 Å². The zero-order valence-electron chi connectivity index (χ0n) is 30.0. The van der Waals surface area contributed by atoms with Crippen molar-refractivity contribution in [2.45, 2.75) is 0 Å². The number of hydrogen-bond acceptors (Lipinski definition) is 1. The summed E-state index contributed by atoms with van der Waals surface area (Å²) in [6.45, 7) is 0. The van der Waals surface area contributed by atoms with Crippen LogP contribution in [-0.4, -0.2) is 0 Å². The minimum absolute atomic E-state index is 0.897. The van der Waals surface area contributed by atoms with E-state index in [4.69, 9.17) is 4.42 Å². The van der Waals surface area contributed by atoms with Crippen molar-refractivity contribution in [3.05, 3.63) is 206 Å². The highest BCUT2D eigenvalue weighted by atomic mass is 16.3. The van der Waals surface area contributed by atoms with E-state index in [1.807, 2.05) is 6.07 Å². The maximum absolute atomic E-state index is 6.53. The number of fused-ring (bicyclic) bond motifs is 6. The van der Waals surface area contributed by atoms with Crippen molar-refractivity contribution in [3.63, 3.8) is 0 Å². The first-order valence-electron chi connectivity index (χ1n) is 18.9. The van der Waals surface area contributed by atoms with E-state index < -0.39 is 0 Å². The van der Waals surface area contributed by atoms with Crippen LogP contribution in [0, 0.1) is 0 Å². The van der Waals surface area contributed by atoms with Crippen molar-refractivity contribution >= 4 is 54.3 Å². The topological polar surface area (TPSA) is 13.1 Å². The second-order valence-electron chi connectivity index (χ2n) is 14.4. The van der Waals surface area contributed by atoms with E-state index in [0.29, 0.717) is 0 Å². The molecule has 0 saturated carbocycles. The third-order valence-electron chi connectivity index (χ3n) is 11.3. The predicted octanol–water partition coefficient (Wildman–Crippen LogP) is 15.4. The molecule has 10 aromatic carbocycles. The molecule has 0 fully saturated rings. The van der Waals surface area contributed by atoms with Gasteiger partial charge in [-0.25, -0.2) is 0 Å². The Morgan fingerprint density at radius 2 is 0.709 bits per heavy atom. The monoisotopic (exact) mass is 698 g/mol. The van der Waals surface area contributed by atoms with Crippen molar-refractivity contribution < 1.29 is 4.42 Å². The molecule has 11 aromatic rings. The van der Waals surface area contributed by atoms with Gasteiger partial charge in [-0.15, -0.1) is 0 Å². The molecular weight excluding hydrogens is 665 g/mol. The molecule has 1 heteroatoms. The lowest BCUT2D eigenvalue weighted by Gasteiger charge is -2.20.